The Bertz CT molecular complexity index is 580. The molecular formula is C16H27N5. The Labute approximate surface area is 127 Å². The van der Waals surface area contributed by atoms with Crippen LogP contribution in [0.25, 0.3) is 0 Å². The van der Waals surface area contributed by atoms with Crippen LogP contribution in [0.1, 0.15) is 36.5 Å². The maximum absolute atomic E-state index is 4.67. The smallest absolute Gasteiger partial charge is 0.0853 e. The largest absolute Gasteiger partial charge is 0.316 e. The van der Waals surface area contributed by atoms with Crippen LogP contribution >= 0.6 is 0 Å². The molecule has 2 heterocycles. The maximum atomic E-state index is 4.67. The first kappa shape index (κ1) is 15.8. The fraction of sp³-hybridized carbons (Fsp3) is 0.625. The van der Waals surface area contributed by atoms with Crippen LogP contribution < -0.4 is 5.32 Å². The van der Waals surface area contributed by atoms with Crippen LogP contribution in [0.3, 0.4) is 0 Å². The third kappa shape index (κ3) is 4.17. The number of aryl methyl sites for hydroxylation is 2. The van der Waals surface area contributed by atoms with Crippen molar-refractivity contribution in [1.29, 1.82) is 0 Å². The molecule has 0 saturated carbocycles. The molecule has 0 unspecified atom stereocenters. The highest BCUT2D eigenvalue weighted by atomic mass is 15.3. The van der Waals surface area contributed by atoms with Gasteiger partial charge in [-0.25, -0.2) is 0 Å². The molecule has 2 aromatic heterocycles. The summed E-state index contributed by atoms with van der Waals surface area (Å²) in [4.78, 5) is 0. The first-order chi connectivity index (χ1) is 9.97. The number of rotatable bonds is 7. The van der Waals surface area contributed by atoms with E-state index in [0.29, 0.717) is 5.92 Å². The summed E-state index contributed by atoms with van der Waals surface area (Å²) in [7, 11) is 1.94. The Kier molecular flexibility index (Phi) is 5.17. The van der Waals surface area contributed by atoms with Gasteiger partial charge in [-0.1, -0.05) is 13.8 Å². The van der Waals surface area contributed by atoms with Gasteiger partial charge in [0.1, 0.15) is 0 Å². The average Bonchev–Trinajstić information content (AvgIpc) is 2.92. The Morgan fingerprint density at radius 2 is 2.00 bits per heavy atom. The molecule has 2 aromatic rings. The van der Waals surface area contributed by atoms with Crippen molar-refractivity contribution >= 4 is 0 Å². The number of nitrogens with zero attached hydrogens (tertiary/aromatic N) is 4. The second kappa shape index (κ2) is 6.89. The zero-order valence-corrected chi connectivity index (χ0v) is 13.8. The van der Waals surface area contributed by atoms with E-state index in [1.807, 2.05) is 24.0 Å². The van der Waals surface area contributed by atoms with Crippen LogP contribution in [0.2, 0.25) is 0 Å². The highest BCUT2D eigenvalue weighted by molar-refractivity contribution is 5.25. The standard InChI is InChI=1S/C16H27N5/c1-12(2)10-17-8-6-16-13(3)18-21(14(16)4)11-15-7-9-20(5)19-15/h7,9,12,17H,6,8,10-11H2,1-5H3. The van der Waals surface area contributed by atoms with Gasteiger partial charge in [-0.3, -0.25) is 9.36 Å². The number of nitrogens with one attached hydrogen (secondary N) is 1. The summed E-state index contributed by atoms with van der Waals surface area (Å²) in [6.45, 7) is 11.5. The van der Waals surface area contributed by atoms with E-state index >= 15 is 0 Å². The molecule has 0 saturated heterocycles. The van der Waals surface area contributed by atoms with E-state index in [-0.39, 0.29) is 0 Å². The molecule has 116 valence electrons. The Hall–Kier alpha value is -1.62. The monoisotopic (exact) mass is 289 g/mol. The lowest BCUT2D eigenvalue weighted by molar-refractivity contribution is 0.553. The van der Waals surface area contributed by atoms with E-state index in [1.54, 1.807) is 0 Å². The van der Waals surface area contributed by atoms with E-state index < -0.39 is 0 Å². The molecule has 0 radical (unpaired) electrons. The molecule has 0 aliphatic rings. The van der Waals surface area contributed by atoms with Crippen molar-refractivity contribution in [2.24, 2.45) is 13.0 Å². The summed E-state index contributed by atoms with van der Waals surface area (Å²) in [5.41, 5.74) is 4.80. The van der Waals surface area contributed by atoms with Gasteiger partial charge in [-0.15, -0.1) is 0 Å². The second-order valence-electron chi connectivity index (χ2n) is 6.14. The lowest BCUT2D eigenvalue weighted by Gasteiger charge is -2.08. The first-order valence-corrected chi connectivity index (χ1v) is 7.69. The molecular weight excluding hydrogens is 262 g/mol. The van der Waals surface area contributed by atoms with E-state index in [4.69, 9.17) is 0 Å². The van der Waals surface area contributed by atoms with E-state index in [9.17, 15) is 0 Å². The summed E-state index contributed by atoms with van der Waals surface area (Å²) in [5, 5.41) is 12.6. The maximum Gasteiger partial charge on any atom is 0.0853 e. The summed E-state index contributed by atoms with van der Waals surface area (Å²) in [5.74, 6) is 0.694. The van der Waals surface area contributed by atoms with Crippen molar-refractivity contribution in [3.63, 3.8) is 0 Å². The third-order valence-corrected chi connectivity index (χ3v) is 3.72. The van der Waals surface area contributed by atoms with Gasteiger partial charge in [0.25, 0.3) is 0 Å². The van der Waals surface area contributed by atoms with Gasteiger partial charge in [0.05, 0.1) is 17.9 Å². The van der Waals surface area contributed by atoms with Crippen LogP contribution in [0.15, 0.2) is 12.3 Å². The molecule has 5 nitrogen and oxygen atoms in total. The predicted molar refractivity (Wildman–Crippen MR) is 85.4 cm³/mol. The topological polar surface area (TPSA) is 47.7 Å². The molecule has 0 spiro atoms. The van der Waals surface area contributed by atoms with Crippen molar-refractivity contribution in [2.75, 3.05) is 13.1 Å². The Balaban J connectivity index is 2.00. The van der Waals surface area contributed by atoms with E-state index in [2.05, 4.69) is 47.9 Å². The van der Waals surface area contributed by atoms with Crippen LogP contribution in [0, 0.1) is 19.8 Å². The lowest BCUT2D eigenvalue weighted by atomic mass is 10.1. The van der Waals surface area contributed by atoms with Gasteiger partial charge < -0.3 is 5.32 Å². The second-order valence-corrected chi connectivity index (χ2v) is 6.14. The normalized spacial score (nSPS) is 11.5. The molecule has 0 fully saturated rings. The fourth-order valence-corrected chi connectivity index (χ4v) is 2.55. The van der Waals surface area contributed by atoms with Gasteiger partial charge in [0, 0.05) is 18.9 Å². The van der Waals surface area contributed by atoms with Crippen molar-refractivity contribution in [3.05, 3.63) is 34.9 Å². The molecule has 2 rings (SSSR count). The fourth-order valence-electron chi connectivity index (χ4n) is 2.55. The van der Waals surface area contributed by atoms with Gasteiger partial charge in [-0.2, -0.15) is 10.2 Å². The molecule has 5 heteroatoms. The first-order valence-electron chi connectivity index (χ1n) is 7.69. The van der Waals surface area contributed by atoms with Gasteiger partial charge >= 0.3 is 0 Å². The average molecular weight is 289 g/mol. The van der Waals surface area contributed by atoms with E-state index in [1.165, 1.54) is 11.3 Å². The molecule has 0 bridgehead atoms. The quantitative estimate of drug-likeness (QED) is 0.794. The molecule has 0 aliphatic heterocycles. The van der Waals surface area contributed by atoms with Crippen LogP contribution in [-0.4, -0.2) is 32.7 Å². The summed E-state index contributed by atoms with van der Waals surface area (Å²) >= 11 is 0. The molecule has 0 aliphatic carbocycles. The van der Waals surface area contributed by atoms with Crippen molar-refractivity contribution in [3.8, 4) is 0 Å². The van der Waals surface area contributed by atoms with Crippen molar-refractivity contribution in [2.45, 2.75) is 40.7 Å². The molecule has 1 N–H and O–H groups in total. The SMILES string of the molecule is Cc1nn(Cc2ccn(C)n2)c(C)c1CCNCC(C)C. The predicted octanol–water partition coefficient (Wildman–Crippen LogP) is 2.07. The van der Waals surface area contributed by atoms with Crippen molar-refractivity contribution < 1.29 is 0 Å². The zero-order valence-electron chi connectivity index (χ0n) is 13.8. The van der Waals surface area contributed by atoms with Crippen LogP contribution in [-0.2, 0) is 20.0 Å². The Morgan fingerprint density at radius 3 is 2.62 bits per heavy atom. The number of hydrogen-bond donors (Lipinski definition) is 1. The molecule has 0 aromatic carbocycles. The number of hydrogen-bond acceptors (Lipinski definition) is 3. The van der Waals surface area contributed by atoms with Gasteiger partial charge in [0.15, 0.2) is 0 Å². The third-order valence-electron chi connectivity index (χ3n) is 3.72. The minimum absolute atomic E-state index is 0.694. The van der Waals surface area contributed by atoms with Crippen LogP contribution in [0.4, 0.5) is 0 Å². The minimum Gasteiger partial charge on any atom is -0.316 e. The van der Waals surface area contributed by atoms with Crippen molar-refractivity contribution in [1.82, 2.24) is 24.9 Å². The summed E-state index contributed by atoms with van der Waals surface area (Å²) in [6, 6.07) is 2.04. The highest BCUT2D eigenvalue weighted by Crippen LogP contribution is 2.14. The molecule has 0 amide bonds. The number of aromatic nitrogens is 4. The highest BCUT2D eigenvalue weighted by Gasteiger charge is 2.12. The van der Waals surface area contributed by atoms with Gasteiger partial charge in [-0.05, 0) is 50.9 Å². The molecule has 21 heavy (non-hydrogen) atoms. The lowest BCUT2D eigenvalue weighted by Crippen LogP contribution is -2.22. The summed E-state index contributed by atoms with van der Waals surface area (Å²) in [6.07, 6.45) is 3.00. The Morgan fingerprint density at radius 1 is 1.24 bits per heavy atom. The zero-order chi connectivity index (χ0) is 15.4. The summed E-state index contributed by atoms with van der Waals surface area (Å²) < 4.78 is 3.90. The van der Waals surface area contributed by atoms with E-state index in [0.717, 1.165) is 37.4 Å². The van der Waals surface area contributed by atoms with Crippen LogP contribution in [0.5, 0.6) is 0 Å². The van der Waals surface area contributed by atoms with Gasteiger partial charge in [0.2, 0.25) is 0 Å². The molecule has 0 atom stereocenters. The minimum atomic E-state index is 0.694.